The van der Waals surface area contributed by atoms with Gasteiger partial charge in [0.25, 0.3) is 0 Å². The van der Waals surface area contributed by atoms with E-state index in [1.54, 1.807) is 48.5 Å². The fraction of sp³-hybridized carbons (Fsp3) is 0.161. The second kappa shape index (κ2) is 15.4. The minimum absolute atomic E-state index is 0.0430. The van der Waals surface area contributed by atoms with Crippen LogP contribution in [-0.2, 0) is 19.1 Å². The van der Waals surface area contributed by atoms with Crippen molar-refractivity contribution in [2.24, 2.45) is 0 Å². The van der Waals surface area contributed by atoms with E-state index in [-0.39, 0.29) is 30.1 Å². The molecule has 0 atom stereocenters. The molecule has 41 heavy (non-hydrogen) atoms. The lowest BCUT2D eigenvalue weighted by molar-refractivity contribution is -0.138. The predicted molar refractivity (Wildman–Crippen MR) is 148 cm³/mol. The fourth-order valence-electron chi connectivity index (χ4n) is 3.22. The lowest BCUT2D eigenvalue weighted by Gasteiger charge is -2.09. The molecule has 3 rings (SSSR count). The van der Waals surface area contributed by atoms with E-state index in [0.717, 1.165) is 17.2 Å². The van der Waals surface area contributed by atoms with Gasteiger partial charge >= 0.3 is 24.1 Å². The maximum Gasteiger partial charge on any atom is 0.513 e. The van der Waals surface area contributed by atoms with Gasteiger partial charge in [-0.1, -0.05) is 37.4 Å². The van der Waals surface area contributed by atoms with Gasteiger partial charge in [0.1, 0.15) is 17.2 Å². The van der Waals surface area contributed by atoms with E-state index < -0.39 is 30.7 Å². The molecule has 0 heterocycles. The molecular formula is C31H28O10. The second-order valence-electron chi connectivity index (χ2n) is 8.39. The number of esters is 3. The molecule has 0 spiro atoms. The Morgan fingerprint density at radius 2 is 1.17 bits per heavy atom. The van der Waals surface area contributed by atoms with Crippen molar-refractivity contribution in [3.63, 3.8) is 0 Å². The summed E-state index contributed by atoms with van der Waals surface area (Å²) in [5.41, 5.74) is 1.88. The average molecular weight is 561 g/mol. The molecule has 1 N–H and O–H groups in total. The van der Waals surface area contributed by atoms with Gasteiger partial charge in [0.15, 0.2) is 0 Å². The van der Waals surface area contributed by atoms with E-state index in [1.165, 1.54) is 24.3 Å². The van der Waals surface area contributed by atoms with Crippen molar-refractivity contribution in [2.45, 2.75) is 12.8 Å². The van der Waals surface area contributed by atoms with Gasteiger partial charge in [-0.2, -0.15) is 0 Å². The normalized spacial score (nSPS) is 10.2. The van der Waals surface area contributed by atoms with E-state index in [4.69, 9.17) is 28.8 Å². The van der Waals surface area contributed by atoms with Gasteiger partial charge in [-0.05, 0) is 72.5 Å². The van der Waals surface area contributed by atoms with Gasteiger partial charge in [0.2, 0.25) is 0 Å². The summed E-state index contributed by atoms with van der Waals surface area (Å²) in [5.74, 6) is -0.979. The summed E-state index contributed by atoms with van der Waals surface area (Å²) in [6.45, 7) is 6.53. The zero-order valence-corrected chi connectivity index (χ0v) is 22.1. The first-order valence-corrected chi connectivity index (χ1v) is 12.5. The second-order valence-corrected chi connectivity index (χ2v) is 8.39. The van der Waals surface area contributed by atoms with Crippen LogP contribution in [-0.4, -0.2) is 49.0 Å². The SMILES string of the molecule is C=CC(=O)OCCCCOC(=O)Oc1ccc(C(=O)Oc2ccc(-c3ccc(OC(=O)C(=C)CO)cc3)cc2)cc1. The molecule has 0 amide bonds. The molecule has 0 fully saturated rings. The topological polar surface area (TPSA) is 135 Å². The third-order valence-corrected chi connectivity index (χ3v) is 5.40. The van der Waals surface area contributed by atoms with E-state index in [0.29, 0.717) is 24.3 Å². The van der Waals surface area contributed by atoms with Gasteiger partial charge < -0.3 is 28.8 Å². The molecule has 0 aliphatic carbocycles. The number of aliphatic hydroxyl groups excluding tert-OH is 1. The Balaban J connectivity index is 1.45. The zero-order chi connectivity index (χ0) is 29.6. The molecule has 10 nitrogen and oxygen atoms in total. The molecule has 0 aromatic heterocycles. The highest BCUT2D eigenvalue weighted by Gasteiger charge is 2.12. The highest BCUT2D eigenvalue weighted by Crippen LogP contribution is 2.25. The summed E-state index contributed by atoms with van der Waals surface area (Å²) < 4.78 is 25.4. The van der Waals surface area contributed by atoms with Crippen LogP contribution in [0.5, 0.6) is 17.2 Å². The smallest absolute Gasteiger partial charge is 0.463 e. The van der Waals surface area contributed by atoms with Crippen LogP contribution in [0.4, 0.5) is 4.79 Å². The third-order valence-electron chi connectivity index (χ3n) is 5.40. The molecule has 0 aliphatic heterocycles. The molecule has 3 aromatic rings. The summed E-state index contributed by atoms with van der Waals surface area (Å²) in [6, 6.07) is 19.4. The molecule has 0 saturated carbocycles. The quantitative estimate of drug-likeness (QED) is 0.0995. The van der Waals surface area contributed by atoms with E-state index in [9.17, 15) is 19.2 Å². The molecule has 10 heteroatoms. The number of hydrogen-bond acceptors (Lipinski definition) is 10. The minimum atomic E-state index is -0.897. The summed E-state index contributed by atoms with van der Waals surface area (Å²) in [7, 11) is 0. The monoisotopic (exact) mass is 560 g/mol. The van der Waals surface area contributed by atoms with Crippen LogP contribution in [0.3, 0.4) is 0 Å². The van der Waals surface area contributed by atoms with Gasteiger partial charge in [0, 0.05) is 6.08 Å². The highest BCUT2D eigenvalue weighted by molar-refractivity contribution is 5.91. The first-order valence-electron chi connectivity index (χ1n) is 12.5. The van der Waals surface area contributed by atoms with Crippen LogP contribution >= 0.6 is 0 Å². The minimum Gasteiger partial charge on any atom is -0.463 e. The van der Waals surface area contributed by atoms with Crippen molar-refractivity contribution in [1.82, 2.24) is 0 Å². The number of carbonyl (C=O) groups is 4. The van der Waals surface area contributed by atoms with Crippen molar-refractivity contribution >= 4 is 24.1 Å². The summed E-state index contributed by atoms with van der Waals surface area (Å²) in [4.78, 5) is 47.0. The van der Waals surface area contributed by atoms with Crippen LogP contribution in [0.1, 0.15) is 23.2 Å². The largest absolute Gasteiger partial charge is 0.513 e. The first kappa shape index (κ1) is 30.3. The van der Waals surface area contributed by atoms with E-state index in [2.05, 4.69) is 13.2 Å². The first-order chi connectivity index (χ1) is 19.8. The van der Waals surface area contributed by atoms with Crippen LogP contribution in [0.25, 0.3) is 11.1 Å². The third kappa shape index (κ3) is 9.79. The Bertz CT molecular complexity index is 1370. The van der Waals surface area contributed by atoms with Crippen molar-refractivity contribution < 1.29 is 48.0 Å². The highest BCUT2D eigenvalue weighted by atomic mass is 16.7. The molecule has 0 radical (unpaired) electrons. The summed E-state index contributed by atoms with van der Waals surface area (Å²) in [6.07, 6.45) is 1.18. The lowest BCUT2D eigenvalue weighted by atomic mass is 10.1. The Morgan fingerprint density at radius 3 is 1.71 bits per heavy atom. The van der Waals surface area contributed by atoms with Gasteiger partial charge in [-0.25, -0.2) is 19.2 Å². The summed E-state index contributed by atoms with van der Waals surface area (Å²) >= 11 is 0. The number of ether oxygens (including phenoxy) is 5. The van der Waals surface area contributed by atoms with Gasteiger partial charge in [-0.15, -0.1) is 0 Å². The Labute approximate surface area is 236 Å². The Hall–Kier alpha value is -5.22. The molecule has 0 saturated heterocycles. The van der Waals surface area contributed by atoms with Crippen molar-refractivity contribution in [1.29, 1.82) is 0 Å². The molecule has 0 bridgehead atoms. The van der Waals surface area contributed by atoms with Crippen LogP contribution in [0, 0.1) is 0 Å². The Morgan fingerprint density at radius 1 is 0.683 bits per heavy atom. The van der Waals surface area contributed by atoms with Crippen molar-refractivity contribution in [2.75, 3.05) is 19.8 Å². The number of carbonyl (C=O) groups excluding carboxylic acids is 4. The predicted octanol–water partition coefficient (Wildman–Crippen LogP) is 5.05. The standard InChI is InChI=1S/C31H28O10/c1-3-28(33)37-18-4-5-19-38-31(36)41-27-16-10-24(11-17-27)30(35)40-26-14-8-23(9-15-26)22-6-12-25(13-7-22)39-29(34)21(2)20-32/h3,6-17,32H,1-2,4-5,18-20H2. The molecule has 212 valence electrons. The number of rotatable bonds is 13. The van der Waals surface area contributed by atoms with Gasteiger partial charge in [0.05, 0.1) is 31.0 Å². The number of hydrogen-bond donors (Lipinski definition) is 1. The lowest BCUT2D eigenvalue weighted by Crippen LogP contribution is -2.12. The molecule has 0 aliphatic rings. The zero-order valence-electron chi connectivity index (χ0n) is 22.1. The Kier molecular flexibility index (Phi) is 11.4. The van der Waals surface area contributed by atoms with E-state index in [1.807, 2.05) is 0 Å². The van der Waals surface area contributed by atoms with Crippen molar-refractivity contribution in [3.8, 4) is 28.4 Å². The summed E-state index contributed by atoms with van der Waals surface area (Å²) in [5, 5.41) is 8.95. The fourth-order valence-corrected chi connectivity index (χ4v) is 3.22. The van der Waals surface area contributed by atoms with Crippen molar-refractivity contribution in [3.05, 3.63) is 103 Å². The van der Waals surface area contributed by atoms with Gasteiger partial charge in [-0.3, -0.25) is 0 Å². The van der Waals surface area contributed by atoms with Crippen LogP contribution in [0.15, 0.2) is 97.6 Å². The number of aliphatic hydroxyl groups is 1. The van der Waals surface area contributed by atoms with Crippen LogP contribution in [0.2, 0.25) is 0 Å². The molecular weight excluding hydrogens is 532 g/mol. The maximum atomic E-state index is 12.5. The van der Waals surface area contributed by atoms with E-state index >= 15 is 0 Å². The van der Waals surface area contributed by atoms with Crippen LogP contribution < -0.4 is 14.2 Å². The average Bonchev–Trinajstić information content (AvgIpc) is 2.99. The maximum absolute atomic E-state index is 12.5. The molecule has 3 aromatic carbocycles. The number of unbranched alkanes of at least 4 members (excludes halogenated alkanes) is 1. The number of benzene rings is 3. The molecule has 0 unspecified atom stereocenters.